The first-order valence-electron chi connectivity index (χ1n) is 5.37. The van der Waals surface area contributed by atoms with Gasteiger partial charge in [-0.2, -0.15) is 11.3 Å². The van der Waals surface area contributed by atoms with Gasteiger partial charge in [0.2, 0.25) is 0 Å². The largest absolute Gasteiger partial charge is 0.493 e. The summed E-state index contributed by atoms with van der Waals surface area (Å²) in [6.45, 7) is 0.756. The highest BCUT2D eigenvalue weighted by Crippen LogP contribution is 2.42. The topological polar surface area (TPSA) is 9.23 Å². The predicted molar refractivity (Wildman–Crippen MR) is 75.7 cm³/mol. The van der Waals surface area contributed by atoms with Crippen LogP contribution in [0.25, 0.3) is 0 Å². The van der Waals surface area contributed by atoms with Crippen molar-refractivity contribution in [2.24, 2.45) is 0 Å². The summed E-state index contributed by atoms with van der Waals surface area (Å²) in [5.74, 6) is 1.00. The molecule has 0 saturated heterocycles. The summed E-state index contributed by atoms with van der Waals surface area (Å²) >= 11 is 11.6. The number of benzene rings is 1. The molecule has 0 N–H and O–H groups in total. The first kappa shape index (κ1) is 11.6. The van der Waals surface area contributed by atoms with Crippen LogP contribution in [0.15, 0.2) is 29.0 Å². The van der Waals surface area contributed by atoms with Gasteiger partial charge in [-0.1, -0.05) is 27.5 Å². The Morgan fingerprint density at radius 1 is 1.41 bits per heavy atom. The van der Waals surface area contributed by atoms with E-state index in [9.17, 15) is 0 Å². The van der Waals surface area contributed by atoms with Crippen LogP contribution >= 0.6 is 38.9 Å². The smallest absolute Gasteiger partial charge is 0.127 e. The van der Waals surface area contributed by atoms with Gasteiger partial charge in [0.25, 0.3) is 0 Å². The Morgan fingerprint density at radius 2 is 2.29 bits per heavy atom. The molecule has 1 nitrogen and oxygen atoms in total. The molecule has 0 aliphatic carbocycles. The zero-order chi connectivity index (χ0) is 11.8. The molecule has 1 aliphatic rings. The van der Waals surface area contributed by atoms with Crippen LogP contribution in [-0.4, -0.2) is 6.61 Å². The monoisotopic (exact) mass is 328 g/mol. The lowest BCUT2D eigenvalue weighted by Gasteiger charge is -2.13. The van der Waals surface area contributed by atoms with Crippen molar-refractivity contribution in [3.05, 3.63) is 50.7 Å². The van der Waals surface area contributed by atoms with Crippen molar-refractivity contribution >= 4 is 38.9 Å². The number of rotatable bonds is 2. The molecule has 1 aliphatic heterocycles. The summed E-state index contributed by atoms with van der Waals surface area (Å²) in [6.07, 6.45) is 0.951. The molecular formula is C13H10BrClOS. The van der Waals surface area contributed by atoms with E-state index in [2.05, 4.69) is 32.8 Å². The third-order valence-corrected chi connectivity index (χ3v) is 4.83. The van der Waals surface area contributed by atoms with Gasteiger partial charge in [-0.15, -0.1) is 0 Å². The zero-order valence-electron chi connectivity index (χ0n) is 8.95. The minimum absolute atomic E-state index is 0.152. The van der Waals surface area contributed by atoms with E-state index < -0.39 is 0 Å². The van der Waals surface area contributed by atoms with Crippen LogP contribution in [0.2, 0.25) is 5.02 Å². The van der Waals surface area contributed by atoms with Gasteiger partial charge in [-0.3, -0.25) is 0 Å². The van der Waals surface area contributed by atoms with E-state index in [1.807, 2.05) is 12.1 Å². The highest BCUT2D eigenvalue weighted by Gasteiger charge is 2.23. The van der Waals surface area contributed by atoms with Gasteiger partial charge < -0.3 is 4.74 Å². The van der Waals surface area contributed by atoms with Crippen molar-refractivity contribution in [1.29, 1.82) is 0 Å². The SMILES string of the molecule is Clc1cc2c(c(C(Br)c3ccsc3)c1)OCC2. The van der Waals surface area contributed by atoms with Gasteiger partial charge in [-0.25, -0.2) is 0 Å². The van der Waals surface area contributed by atoms with Crippen LogP contribution in [0.4, 0.5) is 0 Å². The van der Waals surface area contributed by atoms with Gasteiger partial charge in [0.15, 0.2) is 0 Å². The van der Waals surface area contributed by atoms with E-state index in [1.165, 1.54) is 11.1 Å². The van der Waals surface area contributed by atoms with E-state index in [4.69, 9.17) is 16.3 Å². The molecule has 0 radical (unpaired) electrons. The number of fused-ring (bicyclic) bond motifs is 1. The third-order valence-electron chi connectivity index (χ3n) is 2.89. The van der Waals surface area contributed by atoms with Gasteiger partial charge in [0, 0.05) is 17.0 Å². The van der Waals surface area contributed by atoms with Gasteiger partial charge >= 0.3 is 0 Å². The Hall–Kier alpha value is -0.510. The molecule has 0 spiro atoms. The Labute approximate surface area is 118 Å². The molecule has 1 atom stereocenters. The maximum absolute atomic E-state index is 6.16. The molecule has 2 aromatic rings. The van der Waals surface area contributed by atoms with Gasteiger partial charge in [0.1, 0.15) is 5.75 Å². The van der Waals surface area contributed by atoms with Crippen molar-refractivity contribution in [2.75, 3.05) is 6.61 Å². The fourth-order valence-electron chi connectivity index (χ4n) is 2.08. The van der Waals surface area contributed by atoms with Crippen LogP contribution in [0.3, 0.4) is 0 Å². The maximum Gasteiger partial charge on any atom is 0.127 e. The Balaban J connectivity index is 2.09. The van der Waals surface area contributed by atoms with E-state index in [0.29, 0.717) is 0 Å². The molecule has 4 heteroatoms. The minimum Gasteiger partial charge on any atom is -0.493 e. The molecule has 0 amide bonds. The number of thiophene rings is 1. The number of ether oxygens (including phenoxy) is 1. The number of hydrogen-bond acceptors (Lipinski definition) is 2. The fourth-order valence-corrected chi connectivity index (χ4v) is 3.82. The first-order chi connectivity index (χ1) is 8.25. The van der Waals surface area contributed by atoms with Crippen LogP contribution in [-0.2, 0) is 6.42 Å². The molecular weight excluding hydrogens is 320 g/mol. The van der Waals surface area contributed by atoms with Crippen molar-refractivity contribution < 1.29 is 4.74 Å². The number of hydrogen-bond donors (Lipinski definition) is 0. The third kappa shape index (κ3) is 2.12. The molecule has 3 rings (SSSR count). The molecule has 17 heavy (non-hydrogen) atoms. The lowest BCUT2D eigenvalue weighted by molar-refractivity contribution is 0.354. The second kappa shape index (κ2) is 4.63. The summed E-state index contributed by atoms with van der Waals surface area (Å²) in [6, 6.07) is 6.11. The molecule has 0 fully saturated rings. The normalized spacial score (nSPS) is 15.4. The minimum atomic E-state index is 0.152. The molecule has 0 saturated carbocycles. The summed E-state index contributed by atoms with van der Waals surface area (Å²) in [4.78, 5) is 0.152. The van der Waals surface area contributed by atoms with Crippen LogP contribution in [0.1, 0.15) is 21.5 Å². The summed E-state index contributed by atoms with van der Waals surface area (Å²) in [5, 5.41) is 5.00. The zero-order valence-corrected chi connectivity index (χ0v) is 12.1. The second-order valence-electron chi connectivity index (χ2n) is 4.00. The highest BCUT2D eigenvalue weighted by molar-refractivity contribution is 9.09. The van der Waals surface area contributed by atoms with E-state index >= 15 is 0 Å². The Bertz CT molecular complexity index is 539. The van der Waals surface area contributed by atoms with Crippen molar-refractivity contribution in [2.45, 2.75) is 11.2 Å². The van der Waals surface area contributed by atoms with Crippen LogP contribution in [0, 0.1) is 0 Å². The quantitative estimate of drug-likeness (QED) is 0.718. The summed E-state index contributed by atoms with van der Waals surface area (Å²) in [5.41, 5.74) is 3.59. The number of alkyl halides is 1. The van der Waals surface area contributed by atoms with Crippen LogP contribution < -0.4 is 4.74 Å². The van der Waals surface area contributed by atoms with Crippen molar-refractivity contribution in [1.82, 2.24) is 0 Å². The average molecular weight is 330 g/mol. The lowest BCUT2D eigenvalue weighted by Crippen LogP contribution is -1.95. The molecule has 88 valence electrons. The van der Waals surface area contributed by atoms with E-state index in [0.717, 1.165) is 29.4 Å². The van der Waals surface area contributed by atoms with Crippen molar-refractivity contribution in [3.63, 3.8) is 0 Å². The highest BCUT2D eigenvalue weighted by atomic mass is 79.9. The Morgan fingerprint density at radius 3 is 3.06 bits per heavy atom. The van der Waals surface area contributed by atoms with Crippen molar-refractivity contribution in [3.8, 4) is 5.75 Å². The molecule has 2 heterocycles. The predicted octanol–water partition coefficient (Wildman–Crippen LogP) is 4.82. The molecule has 1 unspecified atom stereocenters. The van der Waals surface area contributed by atoms with E-state index in [1.54, 1.807) is 11.3 Å². The molecule has 1 aromatic carbocycles. The van der Waals surface area contributed by atoms with E-state index in [-0.39, 0.29) is 4.83 Å². The molecule has 1 aromatic heterocycles. The second-order valence-corrected chi connectivity index (χ2v) is 6.13. The fraction of sp³-hybridized carbons (Fsp3) is 0.231. The Kier molecular flexibility index (Phi) is 3.16. The number of halogens is 2. The molecule has 0 bridgehead atoms. The first-order valence-corrected chi connectivity index (χ1v) is 7.60. The van der Waals surface area contributed by atoms with Gasteiger partial charge in [0.05, 0.1) is 11.4 Å². The van der Waals surface area contributed by atoms with Crippen LogP contribution in [0.5, 0.6) is 5.75 Å². The maximum atomic E-state index is 6.16. The summed E-state index contributed by atoms with van der Waals surface area (Å²) < 4.78 is 5.72. The summed E-state index contributed by atoms with van der Waals surface area (Å²) in [7, 11) is 0. The lowest BCUT2D eigenvalue weighted by atomic mass is 10.0. The van der Waals surface area contributed by atoms with Gasteiger partial charge in [-0.05, 0) is 40.1 Å². The average Bonchev–Trinajstić information content (AvgIpc) is 2.97. The standard InChI is InChI=1S/C13H10BrClOS/c14-12(9-2-4-17-7-9)11-6-10(15)5-8-1-3-16-13(8)11/h2,4-7,12H,1,3H2.